The van der Waals surface area contributed by atoms with Crippen LogP contribution in [0.3, 0.4) is 0 Å². The molecule has 3 N–H and O–H groups in total. The molecule has 0 radical (unpaired) electrons. The number of fused-ring (bicyclic) bond motifs is 7. The Morgan fingerprint density at radius 3 is 3.00 bits per heavy atom. The van der Waals surface area contributed by atoms with Gasteiger partial charge in [0.1, 0.15) is 23.7 Å². The van der Waals surface area contributed by atoms with Gasteiger partial charge in [0.2, 0.25) is 0 Å². The second-order valence-electron chi connectivity index (χ2n) is 7.48. The third-order valence-electron chi connectivity index (χ3n) is 5.53. The number of aromatic nitrogens is 2. The molecule has 8 heteroatoms. The lowest BCUT2D eigenvalue weighted by Crippen LogP contribution is -2.24. The molecule has 4 heterocycles. The Balaban J connectivity index is 1.77. The number of pyridine rings is 2. The summed E-state index contributed by atoms with van der Waals surface area (Å²) < 4.78 is 20.3. The van der Waals surface area contributed by atoms with E-state index in [-0.39, 0.29) is 11.6 Å². The van der Waals surface area contributed by atoms with Gasteiger partial charge >= 0.3 is 0 Å². The first kappa shape index (κ1) is 18.9. The van der Waals surface area contributed by atoms with Gasteiger partial charge in [-0.1, -0.05) is 6.07 Å². The molecule has 1 atom stereocenters. The second-order valence-corrected chi connectivity index (χ2v) is 7.48. The van der Waals surface area contributed by atoms with Crippen LogP contribution in [0.25, 0.3) is 17.0 Å². The molecule has 2 aromatic heterocycles. The highest BCUT2D eigenvalue weighted by Crippen LogP contribution is 2.38. The summed E-state index contributed by atoms with van der Waals surface area (Å²) in [5.74, 6) is 0.241. The van der Waals surface area contributed by atoms with E-state index in [0.29, 0.717) is 35.8 Å². The number of benzene rings is 1. The highest BCUT2D eigenvalue weighted by molar-refractivity contribution is 5.74. The largest absolute Gasteiger partial charge is 0.482 e. The van der Waals surface area contributed by atoms with Gasteiger partial charge in [-0.25, -0.2) is 9.37 Å². The molecular formula is C23H19FN6O. The molecule has 31 heavy (non-hydrogen) atoms. The van der Waals surface area contributed by atoms with Gasteiger partial charge in [-0.2, -0.15) is 5.26 Å². The van der Waals surface area contributed by atoms with Crippen LogP contribution in [0.5, 0.6) is 5.75 Å². The van der Waals surface area contributed by atoms with Gasteiger partial charge in [-0.05, 0) is 42.8 Å². The summed E-state index contributed by atoms with van der Waals surface area (Å²) in [5, 5.41) is 12.8. The number of nitriles is 1. The van der Waals surface area contributed by atoms with Crippen LogP contribution in [-0.4, -0.2) is 21.5 Å². The number of hydrogen-bond acceptors (Lipinski definition) is 7. The number of nitrogens with zero attached hydrogens (tertiary/aromatic N) is 4. The number of hydrogen-bond donors (Lipinski definition) is 2. The van der Waals surface area contributed by atoms with Gasteiger partial charge in [-0.15, -0.1) is 0 Å². The lowest BCUT2D eigenvalue weighted by molar-refractivity contribution is 0.227. The van der Waals surface area contributed by atoms with Gasteiger partial charge in [-0.3, -0.25) is 4.98 Å². The number of anilines is 1. The standard InChI is InChI=1S/C23H19FN6O/c1-13-18-8-16(24)4-5-17(18)21-14(3-2-6-27-21)11-30-12-29-19(9-25)22(30)15-7-20(31-13)23(26)28-10-15/h2-8,10,13,29H,11-12H2,1H3,(H2,26,28). The molecule has 1 aromatic carbocycles. The summed E-state index contributed by atoms with van der Waals surface area (Å²) in [7, 11) is 0. The lowest BCUT2D eigenvalue weighted by Gasteiger charge is -2.26. The van der Waals surface area contributed by atoms with Crippen LogP contribution < -0.4 is 15.8 Å². The van der Waals surface area contributed by atoms with E-state index in [9.17, 15) is 9.65 Å². The Morgan fingerprint density at radius 2 is 2.16 bits per heavy atom. The maximum atomic E-state index is 14.2. The third-order valence-corrected chi connectivity index (χ3v) is 5.53. The van der Waals surface area contributed by atoms with Crippen LogP contribution in [0.1, 0.15) is 29.7 Å². The minimum absolute atomic E-state index is 0.223. The summed E-state index contributed by atoms with van der Waals surface area (Å²) in [6.45, 7) is 2.80. The Labute approximate surface area is 178 Å². The van der Waals surface area contributed by atoms with Crippen molar-refractivity contribution in [1.29, 1.82) is 5.26 Å². The van der Waals surface area contributed by atoms with E-state index in [2.05, 4.69) is 21.4 Å². The minimum Gasteiger partial charge on any atom is -0.482 e. The summed E-state index contributed by atoms with van der Waals surface area (Å²) in [6.07, 6.45) is 2.83. The van der Waals surface area contributed by atoms with Gasteiger partial charge in [0, 0.05) is 35.6 Å². The predicted molar refractivity (Wildman–Crippen MR) is 113 cm³/mol. The molecule has 7 nitrogen and oxygen atoms in total. The average Bonchev–Trinajstić information content (AvgIpc) is 3.17. The molecule has 2 bridgehead atoms. The molecular weight excluding hydrogens is 395 g/mol. The zero-order valence-corrected chi connectivity index (χ0v) is 16.8. The molecule has 5 rings (SSSR count). The van der Waals surface area contributed by atoms with Crippen molar-refractivity contribution in [2.75, 3.05) is 12.4 Å². The molecule has 2 aliphatic rings. The van der Waals surface area contributed by atoms with Crippen LogP contribution in [0.2, 0.25) is 0 Å². The van der Waals surface area contributed by atoms with Crippen LogP contribution in [0.15, 0.2) is 54.5 Å². The van der Waals surface area contributed by atoms with Gasteiger partial charge in [0.25, 0.3) is 0 Å². The average molecular weight is 414 g/mol. The van der Waals surface area contributed by atoms with Crippen molar-refractivity contribution >= 4 is 11.5 Å². The highest BCUT2D eigenvalue weighted by atomic mass is 19.1. The molecule has 3 aromatic rings. The predicted octanol–water partition coefficient (Wildman–Crippen LogP) is 3.57. The first-order valence-electron chi connectivity index (χ1n) is 9.84. The number of ether oxygens (including phenoxy) is 1. The van der Waals surface area contributed by atoms with Crippen molar-refractivity contribution in [3.63, 3.8) is 0 Å². The monoisotopic (exact) mass is 414 g/mol. The number of allylic oxidation sites excluding steroid dienone is 1. The van der Waals surface area contributed by atoms with E-state index >= 15 is 0 Å². The van der Waals surface area contributed by atoms with E-state index in [4.69, 9.17) is 10.5 Å². The Morgan fingerprint density at radius 1 is 1.29 bits per heavy atom. The topological polar surface area (TPSA) is 100 Å². The van der Waals surface area contributed by atoms with Gasteiger partial charge < -0.3 is 20.7 Å². The fraction of sp³-hybridized carbons (Fsp3) is 0.174. The number of rotatable bonds is 0. The number of nitrogens with one attached hydrogen (secondary N) is 1. The van der Waals surface area contributed by atoms with Crippen molar-refractivity contribution in [1.82, 2.24) is 20.2 Å². The molecule has 0 saturated heterocycles. The maximum Gasteiger partial charge on any atom is 0.166 e. The molecule has 2 aliphatic heterocycles. The molecule has 0 aliphatic carbocycles. The van der Waals surface area contributed by atoms with Crippen molar-refractivity contribution in [3.05, 3.63) is 77.0 Å². The molecule has 1 unspecified atom stereocenters. The fourth-order valence-electron chi connectivity index (χ4n) is 4.08. The number of nitrogen functional groups attached to an aromatic ring is 1. The normalized spacial score (nSPS) is 17.2. The van der Waals surface area contributed by atoms with E-state index in [1.807, 2.05) is 24.0 Å². The smallest absolute Gasteiger partial charge is 0.166 e. The molecule has 0 saturated carbocycles. The lowest BCUT2D eigenvalue weighted by atomic mass is 9.96. The SMILES string of the molecule is CC1Oc2cc(cnc2N)C2=C(C#N)NCN2Cc2cccnc2-c2ccc(F)cc21. The third kappa shape index (κ3) is 3.20. The minimum atomic E-state index is -0.512. The molecule has 0 fully saturated rings. The Bertz CT molecular complexity index is 1270. The molecule has 154 valence electrons. The van der Waals surface area contributed by atoms with Gasteiger partial charge in [0.05, 0.1) is 18.1 Å². The van der Waals surface area contributed by atoms with Crippen molar-refractivity contribution < 1.29 is 9.13 Å². The van der Waals surface area contributed by atoms with Crippen LogP contribution in [-0.2, 0) is 6.54 Å². The van der Waals surface area contributed by atoms with E-state index in [0.717, 1.165) is 22.5 Å². The Hall–Kier alpha value is -4.12. The van der Waals surface area contributed by atoms with Crippen LogP contribution >= 0.6 is 0 Å². The molecule has 0 spiro atoms. The highest BCUT2D eigenvalue weighted by Gasteiger charge is 2.28. The number of halogens is 1. The number of nitrogens with two attached hydrogens (primary N) is 1. The van der Waals surface area contributed by atoms with E-state index < -0.39 is 6.10 Å². The zero-order chi connectivity index (χ0) is 21.5. The summed E-state index contributed by atoms with van der Waals surface area (Å²) in [6, 6.07) is 12.5. The first-order valence-corrected chi connectivity index (χ1v) is 9.84. The fourth-order valence-corrected chi connectivity index (χ4v) is 4.08. The summed E-state index contributed by atoms with van der Waals surface area (Å²) in [4.78, 5) is 10.9. The zero-order valence-electron chi connectivity index (χ0n) is 16.8. The first-order chi connectivity index (χ1) is 15.0. The summed E-state index contributed by atoms with van der Waals surface area (Å²) >= 11 is 0. The van der Waals surface area contributed by atoms with Crippen molar-refractivity contribution in [3.8, 4) is 23.1 Å². The van der Waals surface area contributed by atoms with Gasteiger partial charge in [0.15, 0.2) is 11.6 Å². The maximum absolute atomic E-state index is 14.2. The van der Waals surface area contributed by atoms with E-state index in [1.165, 1.54) is 12.1 Å². The van der Waals surface area contributed by atoms with E-state index in [1.54, 1.807) is 24.5 Å². The Kier molecular flexibility index (Phi) is 4.44. The van der Waals surface area contributed by atoms with Crippen LogP contribution in [0, 0.1) is 17.1 Å². The molecule has 0 amide bonds. The van der Waals surface area contributed by atoms with Crippen molar-refractivity contribution in [2.45, 2.75) is 19.6 Å². The van der Waals surface area contributed by atoms with Crippen LogP contribution in [0.4, 0.5) is 10.2 Å². The second kappa shape index (κ2) is 7.29. The van der Waals surface area contributed by atoms with Crippen molar-refractivity contribution in [2.24, 2.45) is 0 Å². The quantitative estimate of drug-likeness (QED) is 0.580. The summed E-state index contributed by atoms with van der Waals surface area (Å²) in [5.41, 5.74) is 11.1.